The summed E-state index contributed by atoms with van der Waals surface area (Å²) in [6, 6.07) is 6.55. The topological polar surface area (TPSA) is 9.23 Å². The molecule has 1 heterocycles. The first-order chi connectivity index (χ1) is 6.57. The highest BCUT2D eigenvalue weighted by atomic mass is 16.5. The first-order valence-corrected chi connectivity index (χ1v) is 5.01. The van der Waals surface area contributed by atoms with Gasteiger partial charge in [-0.3, -0.25) is 0 Å². The molecule has 1 aliphatic heterocycles. The quantitative estimate of drug-likeness (QED) is 0.607. The maximum absolute atomic E-state index is 5.63. The number of rotatable bonds is 0. The van der Waals surface area contributed by atoms with E-state index in [0.29, 0.717) is 0 Å². The molecule has 0 amide bonds. The van der Waals surface area contributed by atoms with Gasteiger partial charge < -0.3 is 4.74 Å². The van der Waals surface area contributed by atoms with Crippen molar-refractivity contribution in [3.05, 3.63) is 41.2 Å². The number of ether oxygens (including phenoxy) is 1. The van der Waals surface area contributed by atoms with E-state index in [1.54, 1.807) is 6.26 Å². The SMILES string of the molecule is Cc1ccc2c(c1)CC(C)(C)OC=C2. The van der Waals surface area contributed by atoms with E-state index in [-0.39, 0.29) is 5.60 Å². The Kier molecular flexibility index (Phi) is 2.10. The number of fused-ring (bicyclic) bond motifs is 1. The van der Waals surface area contributed by atoms with Crippen LogP contribution in [0.4, 0.5) is 0 Å². The summed E-state index contributed by atoms with van der Waals surface area (Å²) in [5.41, 5.74) is 3.88. The highest BCUT2D eigenvalue weighted by Crippen LogP contribution is 2.25. The largest absolute Gasteiger partial charge is 0.495 e. The average Bonchev–Trinajstić information content (AvgIpc) is 2.21. The van der Waals surface area contributed by atoms with Crippen LogP contribution >= 0.6 is 0 Å². The molecule has 74 valence electrons. The summed E-state index contributed by atoms with van der Waals surface area (Å²) in [6.45, 7) is 6.37. The van der Waals surface area contributed by atoms with Crippen LogP contribution in [0.1, 0.15) is 30.5 Å². The maximum Gasteiger partial charge on any atom is 0.107 e. The van der Waals surface area contributed by atoms with Crippen LogP contribution in [0.2, 0.25) is 0 Å². The molecule has 0 saturated carbocycles. The summed E-state index contributed by atoms with van der Waals surface area (Å²) < 4.78 is 5.63. The molecule has 0 radical (unpaired) electrons. The molecule has 1 nitrogen and oxygen atoms in total. The Balaban J connectivity index is 2.46. The standard InChI is InChI=1S/C13H16O/c1-10-4-5-11-6-7-14-13(2,3)9-12(11)8-10/h4-8H,9H2,1-3H3. The van der Waals surface area contributed by atoms with Gasteiger partial charge in [-0.1, -0.05) is 23.8 Å². The summed E-state index contributed by atoms with van der Waals surface area (Å²) >= 11 is 0. The number of aryl methyl sites for hydroxylation is 1. The molecule has 0 aromatic heterocycles. The van der Waals surface area contributed by atoms with Gasteiger partial charge in [0.15, 0.2) is 0 Å². The number of benzene rings is 1. The predicted octanol–water partition coefficient (Wildman–Crippen LogP) is 3.32. The fraction of sp³-hybridized carbons (Fsp3) is 0.385. The van der Waals surface area contributed by atoms with Crippen molar-refractivity contribution in [3.8, 4) is 0 Å². The smallest absolute Gasteiger partial charge is 0.107 e. The third-order valence-corrected chi connectivity index (χ3v) is 2.55. The van der Waals surface area contributed by atoms with Gasteiger partial charge >= 0.3 is 0 Å². The molecule has 0 saturated heterocycles. The van der Waals surface area contributed by atoms with Crippen LogP contribution in [0.3, 0.4) is 0 Å². The van der Waals surface area contributed by atoms with E-state index in [2.05, 4.69) is 39.0 Å². The summed E-state index contributed by atoms with van der Waals surface area (Å²) in [5.74, 6) is 0. The second-order valence-electron chi connectivity index (χ2n) is 4.56. The molecule has 0 N–H and O–H groups in total. The normalized spacial score (nSPS) is 18.2. The fourth-order valence-electron chi connectivity index (χ4n) is 1.84. The first-order valence-electron chi connectivity index (χ1n) is 5.01. The van der Waals surface area contributed by atoms with Gasteiger partial charge in [-0.2, -0.15) is 0 Å². The van der Waals surface area contributed by atoms with Crippen molar-refractivity contribution in [2.24, 2.45) is 0 Å². The van der Waals surface area contributed by atoms with Gasteiger partial charge in [-0.15, -0.1) is 0 Å². The fourth-order valence-corrected chi connectivity index (χ4v) is 1.84. The van der Waals surface area contributed by atoms with E-state index >= 15 is 0 Å². The van der Waals surface area contributed by atoms with Gasteiger partial charge in [0.05, 0.1) is 6.26 Å². The van der Waals surface area contributed by atoms with Gasteiger partial charge in [0.1, 0.15) is 5.60 Å². The van der Waals surface area contributed by atoms with E-state index in [1.807, 2.05) is 6.08 Å². The maximum atomic E-state index is 5.63. The molecule has 0 bridgehead atoms. The van der Waals surface area contributed by atoms with Crippen LogP contribution in [0.25, 0.3) is 6.08 Å². The Morgan fingerprint density at radius 3 is 2.86 bits per heavy atom. The third kappa shape index (κ3) is 1.82. The van der Waals surface area contributed by atoms with E-state index < -0.39 is 0 Å². The van der Waals surface area contributed by atoms with Crippen LogP contribution in [-0.4, -0.2) is 5.60 Å². The monoisotopic (exact) mass is 188 g/mol. The van der Waals surface area contributed by atoms with Gasteiger partial charge in [0.25, 0.3) is 0 Å². The lowest BCUT2D eigenvalue weighted by molar-refractivity contribution is 0.0613. The lowest BCUT2D eigenvalue weighted by Gasteiger charge is -2.23. The van der Waals surface area contributed by atoms with Crippen LogP contribution in [0.15, 0.2) is 24.5 Å². The van der Waals surface area contributed by atoms with Gasteiger partial charge in [-0.05, 0) is 38.0 Å². The lowest BCUT2D eigenvalue weighted by atomic mass is 9.94. The molecular formula is C13H16O. The van der Waals surface area contributed by atoms with Crippen LogP contribution in [0, 0.1) is 6.92 Å². The predicted molar refractivity (Wildman–Crippen MR) is 59.1 cm³/mol. The third-order valence-electron chi connectivity index (χ3n) is 2.55. The summed E-state index contributed by atoms with van der Waals surface area (Å²) in [7, 11) is 0. The van der Waals surface area contributed by atoms with E-state index in [1.165, 1.54) is 16.7 Å². The zero-order chi connectivity index (χ0) is 10.2. The Morgan fingerprint density at radius 2 is 2.07 bits per heavy atom. The van der Waals surface area contributed by atoms with Gasteiger partial charge in [0, 0.05) is 6.42 Å². The van der Waals surface area contributed by atoms with Crippen molar-refractivity contribution in [1.29, 1.82) is 0 Å². The molecule has 0 aliphatic carbocycles. The zero-order valence-electron chi connectivity index (χ0n) is 9.00. The van der Waals surface area contributed by atoms with E-state index in [0.717, 1.165) is 6.42 Å². The molecule has 14 heavy (non-hydrogen) atoms. The molecule has 1 heteroatoms. The van der Waals surface area contributed by atoms with Crippen molar-refractivity contribution in [3.63, 3.8) is 0 Å². The molecule has 2 rings (SSSR count). The highest BCUT2D eigenvalue weighted by Gasteiger charge is 2.21. The lowest BCUT2D eigenvalue weighted by Crippen LogP contribution is -2.24. The summed E-state index contributed by atoms with van der Waals surface area (Å²) in [4.78, 5) is 0. The molecule has 0 spiro atoms. The molecule has 1 aromatic rings. The minimum atomic E-state index is -0.0878. The van der Waals surface area contributed by atoms with Gasteiger partial charge in [0.2, 0.25) is 0 Å². The minimum absolute atomic E-state index is 0.0878. The summed E-state index contributed by atoms with van der Waals surface area (Å²) in [6.07, 6.45) is 4.82. The molecular weight excluding hydrogens is 172 g/mol. The zero-order valence-corrected chi connectivity index (χ0v) is 9.00. The number of hydrogen-bond acceptors (Lipinski definition) is 1. The highest BCUT2D eigenvalue weighted by molar-refractivity contribution is 5.55. The average molecular weight is 188 g/mol. The van der Waals surface area contributed by atoms with Crippen LogP contribution < -0.4 is 0 Å². The minimum Gasteiger partial charge on any atom is -0.495 e. The van der Waals surface area contributed by atoms with Crippen molar-refractivity contribution < 1.29 is 4.74 Å². The Morgan fingerprint density at radius 1 is 1.29 bits per heavy atom. The molecule has 0 atom stereocenters. The van der Waals surface area contributed by atoms with Crippen molar-refractivity contribution in [2.45, 2.75) is 32.8 Å². The Labute approximate surface area is 85.4 Å². The van der Waals surface area contributed by atoms with Crippen molar-refractivity contribution in [1.82, 2.24) is 0 Å². The first kappa shape index (κ1) is 9.32. The van der Waals surface area contributed by atoms with E-state index in [9.17, 15) is 0 Å². The van der Waals surface area contributed by atoms with E-state index in [4.69, 9.17) is 4.74 Å². The van der Waals surface area contributed by atoms with Crippen LogP contribution in [-0.2, 0) is 11.2 Å². The van der Waals surface area contributed by atoms with Crippen molar-refractivity contribution in [2.75, 3.05) is 0 Å². The molecule has 1 aromatic carbocycles. The molecule has 0 unspecified atom stereocenters. The number of hydrogen-bond donors (Lipinski definition) is 0. The molecule has 1 aliphatic rings. The Bertz CT molecular complexity index is 375. The second-order valence-corrected chi connectivity index (χ2v) is 4.56. The Hall–Kier alpha value is -1.24. The van der Waals surface area contributed by atoms with Crippen LogP contribution in [0.5, 0.6) is 0 Å². The second kappa shape index (κ2) is 3.16. The van der Waals surface area contributed by atoms with Gasteiger partial charge in [-0.25, -0.2) is 0 Å². The molecule has 0 fully saturated rings. The summed E-state index contributed by atoms with van der Waals surface area (Å²) in [5, 5.41) is 0. The van der Waals surface area contributed by atoms with Crippen molar-refractivity contribution >= 4 is 6.08 Å².